The molecule has 0 amide bonds. The van der Waals surface area contributed by atoms with Crippen LogP contribution in [0.3, 0.4) is 0 Å². The van der Waals surface area contributed by atoms with Gasteiger partial charge in [0.25, 0.3) is 0 Å². The molecule has 0 saturated carbocycles. The second kappa shape index (κ2) is 4.99. The third-order valence-corrected chi connectivity index (χ3v) is 1.82. The van der Waals surface area contributed by atoms with Crippen LogP contribution in [0.4, 0.5) is 0 Å². The Labute approximate surface area is 69.1 Å². The number of hydrogen-bond acceptors (Lipinski definition) is 1. The monoisotopic (exact) mass is 157 g/mol. The lowest BCUT2D eigenvalue weighted by atomic mass is 10.0. The second-order valence-electron chi connectivity index (χ2n) is 3.01. The van der Waals surface area contributed by atoms with Gasteiger partial charge in [-0.15, -0.1) is 0 Å². The zero-order chi connectivity index (χ0) is 8.85. The molecule has 0 fully saturated rings. The molecule has 0 spiro atoms. The normalized spacial score (nSPS) is 15.2. The van der Waals surface area contributed by atoms with Crippen LogP contribution >= 0.6 is 0 Å². The molecule has 0 rings (SSSR count). The van der Waals surface area contributed by atoms with Crippen LogP contribution in [0.1, 0.15) is 27.2 Å². The lowest BCUT2D eigenvalue weighted by molar-refractivity contribution is 0.440. The molecule has 0 radical (unpaired) electrons. The summed E-state index contributed by atoms with van der Waals surface area (Å²) < 4.78 is 0. The van der Waals surface area contributed by atoms with Crippen LogP contribution in [0.15, 0.2) is 4.99 Å². The summed E-state index contributed by atoms with van der Waals surface area (Å²) in [5, 5.41) is 3.14. The van der Waals surface area contributed by atoms with Crippen molar-refractivity contribution in [1.29, 1.82) is 0 Å². The first-order valence-electron chi connectivity index (χ1n) is 4.10. The SMILES string of the molecule is CCC(NC(N)=NC)C(C)C. The van der Waals surface area contributed by atoms with Gasteiger partial charge in [-0.25, -0.2) is 0 Å². The van der Waals surface area contributed by atoms with E-state index in [1.54, 1.807) is 7.05 Å². The lowest BCUT2D eigenvalue weighted by Crippen LogP contribution is -2.42. The molecule has 3 heteroatoms. The predicted octanol–water partition coefficient (Wildman–Crippen LogP) is 0.955. The fourth-order valence-electron chi connectivity index (χ4n) is 0.995. The van der Waals surface area contributed by atoms with E-state index in [2.05, 4.69) is 31.1 Å². The van der Waals surface area contributed by atoms with Crippen LogP contribution in [0, 0.1) is 5.92 Å². The van der Waals surface area contributed by atoms with Crippen molar-refractivity contribution < 1.29 is 0 Å². The van der Waals surface area contributed by atoms with E-state index in [0.717, 1.165) is 6.42 Å². The Kier molecular flexibility index (Phi) is 4.66. The van der Waals surface area contributed by atoms with E-state index >= 15 is 0 Å². The van der Waals surface area contributed by atoms with Gasteiger partial charge in [-0.05, 0) is 12.3 Å². The van der Waals surface area contributed by atoms with E-state index in [4.69, 9.17) is 5.73 Å². The number of guanidine groups is 1. The molecule has 0 aromatic rings. The first-order chi connectivity index (χ1) is 5.11. The van der Waals surface area contributed by atoms with Gasteiger partial charge in [-0.2, -0.15) is 0 Å². The summed E-state index contributed by atoms with van der Waals surface area (Å²) in [6.07, 6.45) is 1.08. The Morgan fingerprint density at radius 1 is 1.55 bits per heavy atom. The van der Waals surface area contributed by atoms with Gasteiger partial charge in [0, 0.05) is 13.1 Å². The predicted molar refractivity (Wildman–Crippen MR) is 49.6 cm³/mol. The minimum atomic E-state index is 0.443. The third kappa shape index (κ3) is 3.86. The Balaban J connectivity index is 3.88. The van der Waals surface area contributed by atoms with Gasteiger partial charge in [0.15, 0.2) is 5.96 Å². The summed E-state index contributed by atoms with van der Waals surface area (Å²) in [5.74, 6) is 1.13. The molecule has 0 saturated heterocycles. The zero-order valence-corrected chi connectivity index (χ0v) is 7.89. The molecular weight excluding hydrogens is 138 g/mol. The summed E-state index contributed by atoms with van der Waals surface area (Å²) >= 11 is 0. The second-order valence-corrected chi connectivity index (χ2v) is 3.01. The maximum Gasteiger partial charge on any atom is 0.188 e. The van der Waals surface area contributed by atoms with Crippen molar-refractivity contribution in [2.45, 2.75) is 33.2 Å². The Hall–Kier alpha value is -0.730. The topological polar surface area (TPSA) is 50.4 Å². The van der Waals surface area contributed by atoms with Gasteiger partial charge in [0.1, 0.15) is 0 Å². The highest BCUT2D eigenvalue weighted by molar-refractivity contribution is 5.77. The molecule has 3 nitrogen and oxygen atoms in total. The van der Waals surface area contributed by atoms with Crippen molar-refractivity contribution in [2.24, 2.45) is 16.6 Å². The van der Waals surface area contributed by atoms with E-state index < -0.39 is 0 Å². The first kappa shape index (κ1) is 10.3. The number of nitrogens with zero attached hydrogens (tertiary/aromatic N) is 1. The van der Waals surface area contributed by atoms with Gasteiger partial charge in [0.05, 0.1) is 0 Å². The standard InChI is InChI=1S/C8H19N3/c1-5-7(6(2)3)11-8(9)10-4/h6-7H,5H2,1-4H3,(H3,9,10,11). The Morgan fingerprint density at radius 3 is 2.36 bits per heavy atom. The molecule has 0 aromatic carbocycles. The summed E-state index contributed by atoms with van der Waals surface area (Å²) in [6, 6.07) is 0.443. The number of rotatable bonds is 3. The first-order valence-corrected chi connectivity index (χ1v) is 4.10. The molecule has 0 aromatic heterocycles. The molecule has 0 aliphatic rings. The summed E-state index contributed by atoms with van der Waals surface area (Å²) in [4.78, 5) is 3.84. The Morgan fingerprint density at radius 2 is 2.09 bits per heavy atom. The molecule has 3 N–H and O–H groups in total. The minimum absolute atomic E-state index is 0.443. The zero-order valence-electron chi connectivity index (χ0n) is 7.89. The van der Waals surface area contributed by atoms with E-state index in [0.29, 0.717) is 17.9 Å². The van der Waals surface area contributed by atoms with Crippen LogP contribution < -0.4 is 11.1 Å². The maximum atomic E-state index is 5.53. The fraction of sp³-hybridized carbons (Fsp3) is 0.875. The smallest absolute Gasteiger partial charge is 0.188 e. The molecule has 0 heterocycles. The van der Waals surface area contributed by atoms with Crippen molar-refractivity contribution in [3.63, 3.8) is 0 Å². The number of hydrogen-bond donors (Lipinski definition) is 2. The minimum Gasteiger partial charge on any atom is -0.370 e. The van der Waals surface area contributed by atoms with E-state index in [-0.39, 0.29) is 0 Å². The molecule has 0 bridgehead atoms. The molecule has 66 valence electrons. The van der Waals surface area contributed by atoms with Crippen LogP contribution in [-0.2, 0) is 0 Å². The quantitative estimate of drug-likeness (QED) is 0.473. The average Bonchev–Trinajstić information content (AvgIpc) is 1.99. The van der Waals surface area contributed by atoms with Crippen molar-refractivity contribution >= 4 is 5.96 Å². The van der Waals surface area contributed by atoms with Gasteiger partial charge < -0.3 is 11.1 Å². The molecule has 1 atom stereocenters. The molecule has 11 heavy (non-hydrogen) atoms. The summed E-state index contributed by atoms with van der Waals surface area (Å²) in [7, 11) is 1.69. The van der Waals surface area contributed by atoms with Crippen molar-refractivity contribution in [3.05, 3.63) is 0 Å². The summed E-state index contributed by atoms with van der Waals surface area (Å²) in [6.45, 7) is 6.48. The highest BCUT2D eigenvalue weighted by Gasteiger charge is 2.09. The van der Waals surface area contributed by atoms with Crippen LogP contribution in [0.25, 0.3) is 0 Å². The van der Waals surface area contributed by atoms with Gasteiger partial charge >= 0.3 is 0 Å². The van der Waals surface area contributed by atoms with Gasteiger partial charge in [-0.3, -0.25) is 4.99 Å². The maximum absolute atomic E-state index is 5.53. The van der Waals surface area contributed by atoms with Crippen molar-refractivity contribution in [2.75, 3.05) is 7.05 Å². The number of nitrogens with one attached hydrogen (secondary N) is 1. The highest BCUT2D eigenvalue weighted by Crippen LogP contribution is 2.04. The van der Waals surface area contributed by atoms with E-state index in [9.17, 15) is 0 Å². The van der Waals surface area contributed by atoms with Crippen LogP contribution in [0.5, 0.6) is 0 Å². The lowest BCUT2D eigenvalue weighted by Gasteiger charge is -2.20. The number of aliphatic imine (C=N–C) groups is 1. The Bertz CT molecular complexity index is 129. The molecule has 0 aliphatic heterocycles. The van der Waals surface area contributed by atoms with Crippen LogP contribution in [-0.4, -0.2) is 19.0 Å². The van der Waals surface area contributed by atoms with Gasteiger partial charge in [-0.1, -0.05) is 20.8 Å². The number of nitrogens with two attached hydrogens (primary N) is 1. The molecule has 1 unspecified atom stereocenters. The van der Waals surface area contributed by atoms with Gasteiger partial charge in [0.2, 0.25) is 0 Å². The highest BCUT2D eigenvalue weighted by atomic mass is 15.1. The van der Waals surface area contributed by atoms with E-state index in [1.807, 2.05) is 0 Å². The third-order valence-electron chi connectivity index (χ3n) is 1.82. The molecule has 0 aliphatic carbocycles. The largest absolute Gasteiger partial charge is 0.370 e. The van der Waals surface area contributed by atoms with Crippen molar-refractivity contribution in [3.8, 4) is 0 Å². The fourth-order valence-corrected chi connectivity index (χ4v) is 0.995. The van der Waals surface area contributed by atoms with Crippen molar-refractivity contribution in [1.82, 2.24) is 5.32 Å². The summed E-state index contributed by atoms with van der Waals surface area (Å²) in [5.41, 5.74) is 5.53. The average molecular weight is 157 g/mol. The van der Waals surface area contributed by atoms with Crippen LogP contribution in [0.2, 0.25) is 0 Å². The van der Waals surface area contributed by atoms with E-state index in [1.165, 1.54) is 0 Å². The molecular formula is C8H19N3.